The molecule has 2 saturated heterocycles. The molecule has 9 nitrogen and oxygen atoms in total. The zero-order valence-corrected chi connectivity index (χ0v) is 25.8. The van der Waals surface area contributed by atoms with Gasteiger partial charge in [0.05, 0.1) is 29.4 Å². The van der Waals surface area contributed by atoms with Gasteiger partial charge in [0.15, 0.2) is 0 Å². The lowest BCUT2D eigenvalue weighted by Crippen LogP contribution is -2.43. The summed E-state index contributed by atoms with van der Waals surface area (Å²) >= 11 is 1.30. The van der Waals surface area contributed by atoms with Crippen LogP contribution in [0.15, 0.2) is 70.4 Å². The van der Waals surface area contributed by atoms with Crippen LogP contribution in [-0.2, 0) is 10.9 Å². The Balaban J connectivity index is 1.23. The molecule has 3 N–H and O–H groups in total. The van der Waals surface area contributed by atoms with Crippen LogP contribution in [-0.4, -0.2) is 51.4 Å². The number of anilines is 3. The number of fused-ring (bicyclic) bond motifs is 1. The molecule has 3 unspecified atom stereocenters. The van der Waals surface area contributed by atoms with E-state index in [1.807, 2.05) is 24.3 Å². The number of hydrogen-bond donors (Lipinski definition) is 3. The van der Waals surface area contributed by atoms with Gasteiger partial charge in [-0.15, -0.1) is 11.3 Å². The van der Waals surface area contributed by atoms with Gasteiger partial charge in [-0.2, -0.15) is 18.2 Å². The van der Waals surface area contributed by atoms with Gasteiger partial charge in [0.25, 0.3) is 5.56 Å². The normalized spacial score (nSPS) is 20.2. The minimum atomic E-state index is -4.70. The summed E-state index contributed by atoms with van der Waals surface area (Å²) in [7, 11) is 0. The second kappa shape index (κ2) is 12.5. The quantitative estimate of drug-likeness (QED) is 0.176. The molecule has 0 radical (unpaired) electrons. The van der Waals surface area contributed by atoms with Crippen molar-refractivity contribution in [3.05, 3.63) is 81.5 Å². The molecule has 2 aliphatic heterocycles. The van der Waals surface area contributed by atoms with Crippen LogP contribution in [0.4, 0.5) is 30.5 Å². The maximum Gasteiger partial charge on any atom is 0.417 e. The molecule has 3 aromatic heterocycles. The highest BCUT2D eigenvalue weighted by Gasteiger charge is 2.35. The Morgan fingerprint density at radius 3 is 2.54 bits per heavy atom. The number of thiazole rings is 1. The summed E-state index contributed by atoms with van der Waals surface area (Å²) in [6.45, 7) is 3.80. The third-order valence-electron chi connectivity index (χ3n) is 8.56. The lowest BCUT2D eigenvalue weighted by atomic mass is 9.96. The molecule has 3 atom stereocenters. The summed E-state index contributed by atoms with van der Waals surface area (Å²) in [6, 6.07) is 13.7. The summed E-state index contributed by atoms with van der Waals surface area (Å²) in [5, 5.41) is 12.4. The number of pyridine rings is 1. The van der Waals surface area contributed by atoms with Crippen molar-refractivity contribution in [1.82, 2.24) is 24.8 Å². The van der Waals surface area contributed by atoms with Crippen molar-refractivity contribution in [3.8, 4) is 22.4 Å². The van der Waals surface area contributed by atoms with E-state index >= 15 is 0 Å². The van der Waals surface area contributed by atoms with Crippen LogP contribution in [0.3, 0.4) is 0 Å². The fraction of sp³-hybridized carbons (Fsp3) is 0.333. The van der Waals surface area contributed by atoms with E-state index in [0.717, 1.165) is 36.8 Å². The molecule has 46 heavy (non-hydrogen) atoms. The first-order valence-corrected chi connectivity index (χ1v) is 16.1. The number of alkyl halides is 3. The Morgan fingerprint density at radius 2 is 1.85 bits per heavy atom. The third kappa shape index (κ3) is 6.22. The molecule has 2 aromatic carbocycles. The van der Waals surface area contributed by atoms with Crippen LogP contribution in [0.2, 0.25) is 0 Å². The first-order valence-electron chi connectivity index (χ1n) is 15.2. The van der Waals surface area contributed by atoms with Crippen LogP contribution < -0.4 is 21.5 Å². The van der Waals surface area contributed by atoms with E-state index in [1.165, 1.54) is 34.2 Å². The molecular weight excluding hydrogens is 615 g/mol. The Labute approximate surface area is 266 Å². The highest BCUT2D eigenvalue weighted by Crippen LogP contribution is 2.39. The maximum atomic E-state index is 14.4. The lowest BCUT2D eigenvalue weighted by Gasteiger charge is -2.29. The number of piperidine rings is 1. The maximum absolute atomic E-state index is 14.4. The van der Waals surface area contributed by atoms with E-state index in [-0.39, 0.29) is 29.7 Å². The number of hydrogen-bond acceptors (Lipinski definition) is 9. The van der Waals surface area contributed by atoms with Crippen molar-refractivity contribution in [3.63, 3.8) is 0 Å². The number of nitrogens with zero attached hydrogens (tertiary/aromatic N) is 4. The van der Waals surface area contributed by atoms with Gasteiger partial charge in [-0.1, -0.05) is 12.1 Å². The first-order chi connectivity index (χ1) is 22.2. The molecule has 0 bridgehead atoms. The number of benzene rings is 2. The van der Waals surface area contributed by atoms with Gasteiger partial charge in [0, 0.05) is 64.7 Å². The van der Waals surface area contributed by atoms with E-state index in [0.29, 0.717) is 47.4 Å². The Bertz CT molecular complexity index is 1900. The summed E-state index contributed by atoms with van der Waals surface area (Å²) < 4.78 is 50.3. The van der Waals surface area contributed by atoms with Crippen molar-refractivity contribution in [2.75, 3.05) is 30.4 Å². The molecule has 0 amide bonds. The SMILES string of the molecule is CC1CCC(Nc2ccc(Nc3ncc4cc(-c5ccc(-c6cscn6)cc5C(F)(F)F)c(=O)n(C5CCOC5)c4n3)cc2)CN1. The monoisotopic (exact) mass is 647 g/mol. The number of aromatic nitrogens is 4. The first kappa shape index (κ1) is 30.3. The summed E-state index contributed by atoms with van der Waals surface area (Å²) in [5.74, 6) is 0.266. The van der Waals surface area contributed by atoms with Gasteiger partial charge in [-0.25, -0.2) is 9.97 Å². The molecule has 0 saturated carbocycles. The van der Waals surface area contributed by atoms with Gasteiger partial charge in [0.1, 0.15) is 5.65 Å². The highest BCUT2D eigenvalue weighted by molar-refractivity contribution is 7.07. The molecular formula is C33H32F3N7O2S. The van der Waals surface area contributed by atoms with Gasteiger partial charge in [0.2, 0.25) is 5.95 Å². The fourth-order valence-corrected chi connectivity index (χ4v) is 6.66. The van der Waals surface area contributed by atoms with Crippen LogP contribution in [0.1, 0.15) is 37.8 Å². The Kier molecular flexibility index (Phi) is 8.22. The highest BCUT2D eigenvalue weighted by atomic mass is 32.1. The van der Waals surface area contributed by atoms with Gasteiger partial charge >= 0.3 is 6.18 Å². The van der Waals surface area contributed by atoms with Crippen molar-refractivity contribution in [2.45, 2.75) is 50.5 Å². The Morgan fingerprint density at radius 1 is 1.02 bits per heavy atom. The van der Waals surface area contributed by atoms with E-state index in [2.05, 4.69) is 37.8 Å². The summed E-state index contributed by atoms with van der Waals surface area (Å²) in [4.78, 5) is 27.4. The largest absolute Gasteiger partial charge is 0.417 e. The zero-order valence-electron chi connectivity index (χ0n) is 25.0. The summed E-state index contributed by atoms with van der Waals surface area (Å²) in [6.07, 6.45) is -0.414. The molecule has 5 heterocycles. The topological polar surface area (TPSA) is 106 Å². The lowest BCUT2D eigenvalue weighted by molar-refractivity contribution is -0.137. The molecule has 5 aromatic rings. The minimum Gasteiger partial charge on any atom is -0.381 e. The standard InChI is InChI=1S/C33H32F3N7O2S/c1-19-2-4-24(15-37-19)40-22-5-7-23(8-6-22)41-32-38-14-21-12-27(31(44)43(30(21)42-32)25-10-11-45-16-25)26-9-3-20(29-17-46-18-39-29)13-28(26)33(34,35)36/h3,5-9,12-14,17-19,24-25,37,40H,2,4,10-11,15-16H2,1H3,(H,38,41,42). The van der Waals surface area contributed by atoms with Crippen molar-refractivity contribution < 1.29 is 17.9 Å². The zero-order chi connectivity index (χ0) is 31.8. The molecule has 0 spiro atoms. The average Bonchev–Trinajstić information content (AvgIpc) is 3.78. The predicted octanol–water partition coefficient (Wildman–Crippen LogP) is 6.86. The van der Waals surface area contributed by atoms with Gasteiger partial charge in [-0.05, 0) is 68.1 Å². The third-order valence-corrected chi connectivity index (χ3v) is 9.15. The van der Waals surface area contributed by atoms with E-state index < -0.39 is 17.3 Å². The second-order valence-electron chi connectivity index (χ2n) is 11.8. The van der Waals surface area contributed by atoms with Crippen LogP contribution >= 0.6 is 11.3 Å². The van der Waals surface area contributed by atoms with E-state index in [4.69, 9.17) is 4.74 Å². The van der Waals surface area contributed by atoms with E-state index in [9.17, 15) is 18.0 Å². The predicted molar refractivity (Wildman–Crippen MR) is 174 cm³/mol. The van der Waals surface area contributed by atoms with Crippen LogP contribution in [0, 0.1) is 0 Å². The molecule has 2 aliphatic rings. The molecule has 2 fully saturated rings. The van der Waals surface area contributed by atoms with Crippen molar-refractivity contribution in [1.29, 1.82) is 0 Å². The molecule has 238 valence electrons. The average molecular weight is 648 g/mol. The van der Waals surface area contributed by atoms with Crippen LogP contribution in [0.25, 0.3) is 33.4 Å². The number of nitrogens with one attached hydrogen (secondary N) is 3. The van der Waals surface area contributed by atoms with Crippen molar-refractivity contribution >= 4 is 39.7 Å². The van der Waals surface area contributed by atoms with E-state index in [1.54, 1.807) is 17.0 Å². The minimum absolute atomic E-state index is 0.0772. The smallest absolute Gasteiger partial charge is 0.381 e. The van der Waals surface area contributed by atoms with Gasteiger partial charge in [-0.3, -0.25) is 9.36 Å². The van der Waals surface area contributed by atoms with Crippen molar-refractivity contribution in [2.24, 2.45) is 0 Å². The molecule has 7 rings (SSSR count). The molecule has 13 heteroatoms. The summed E-state index contributed by atoms with van der Waals surface area (Å²) in [5.41, 5.74) is 2.66. The number of halogens is 3. The fourth-order valence-electron chi connectivity index (χ4n) is 6.10. The molecule has 0 aliphatic carbocycles. The number of rotatable bonds is 7. The number of ether oxygens (including phenoxy) is 1. The Hall–Kier alpha value is -4.33. The second-order valence-corrected chi connectivity index (χ2v) is 12.5. The van der Waals surface area contributed by atoms with Crippen LogP contribution in [0.5, 0.6) is 0 Å². The van der Waals surface area contributed by atoms with Gasteiger partial charge < -0.3 is 20.7 Å².